The van der Waals surface area contributed by atoms with Gasteiger partial charge in [0.15, 0.2) is 0 Å². The average molecular weight is 360 g/mol. The minimum atomic E-state index is 0.0546. The van der Waals surface area contributed by atoms with E-state index in [0.29, 0.717) is 19.7 Å². The van der Waals surface area contributed by atoms with Gasteiger partial charge in [-0.3, -0.25) is 4.79 Å². The average Bonchev–Trinajstić information content (AvgIpc) is 3.05. The van der Waals surface area contributed by atoms with Crippen LogP contribution in [0.15, 0.2) is 32.7 Å². The lowest BCUT2D eigenvalue weighted by Gasteiger charge is -2.21. The molecule has 2 heterocycles. The number of rotatable bonds is 6. The number of methoxy groups -OCH3 is 1. The van der Waals surface area contributed by atoms with Crippen LogP contribution in [0.1, 0.15) is 15.2 Å². The Morgan fingerprint density at radius 3 is 2.89 bits per heavy atom. The Hall–Kier alpha value is -0.690. The van der Waals surface area contributed by atoms with E-state index in [0.717, 1.165) is 14.9 Å². The molecule has 0 aliphatic heterocycles. The minimum Gasteiger partial charge on any atom is -0.383 e. The molecule has 102 valence electrons. The van der Waals surface area contributed by atoms with Crippen LogP contribution in [-0.4, -0.2) is 31.1 Å². The number of carbonyl (C=O) groups is 1. The van der Waals surface area contributed by atoms with E-state index in [1.807, 2.05) is 27.8 Å². The van der Waals surface area contributed by atoms with E-state index in [1.165, 1.54) is 11.3 Å². The maximum absolute atomic E-state index is 12.5. The normalized spacial score (nSPS) is 10.6. The van der Waals surface area contributed by atoms with Crippen molar-refractivity contribution in [3.05, 3.63) is 43.2 Å². The van der Waals surface area contributed by atoms with Gasteiger partial charge in [0.2, 0.25) is 0 Å². The van der Waals surface area contributed by atoms with Crippen molar-refractivity contribution in [2.75, 3.05) is 20.3 Å². The zero-order chi connectivity index (χ0) is 13.7. The smallest absolute Gasteiger partial charge is 0.264 e. The molecule has 2 aromatic heterocycles. The zero-order valence-electron chi connectivity index (χ0n) is 10.5. The van der Waals surface area contributed by atoms with Crippen LogP contribution >= 0.6 is 38.6 Å². The number of thiophene rings is 2. The monoisotopic (exact) mass is 359 g/mol. The summed E-state index contributed by atoms with van der Waals surface area (Å²) in [5, 5.41) is 6.01. The first-order valence-corrected chi connectivity index (χ1v) is 8.35. The first-order valence-electron chi connectivity index (χ1n) is 5.74. The Morgan fingerprint density at radius 2 is 2.32 bits per heavy atom. The van der Waals surface area contributed by atoms with Gasteiger partial charge in [-0.2, -0.15) is 11.3 Å². The third-order valence-electron chi connectivity index (χ3n) is 2.58. The van der Waals surface area contributed by atoms with Gasteiger partial charge in [0.25, 0.3) is 5.91 Å². The van der Waals surface area contributed by atoms with Crippen molar-refractivity contribution in [1.29, 1.82) is 0 Å². The molecule has 0 radical (unpaired) electrons. The molecular weight excluding hydrogens is 346 g/mol. The predicted octanol–water partition coefficient (Wildman–Crippen LogP) is 3.86. The Morgan fingerprint density at radius 1 is 1.47 bits per heavy atom. The van der Waals surface area contributed by atoms with Crippen LogP contribution < -0.4 is 0 Å². The lowest BCUT2D eigenvalue weighted by molar-refractivity contribution is 0.0685. The molecular formula is C13H14BrNO2S2. The van der Waals surface area contributed by atoms with E-state index < -0.39 is 0 Å². The van der Waals surface area contributed by atoms with Crippen LogP contribution in [0.25, 0.3) is 0 Å². The summed E-state index contributed by atoms with van der Waals surface area (Å²) in [4.78, 5) is 15.0. The first-order chi connectivity index (χ1) is 9.20. The number of amides is 1. The van der Waals surface area contributed by atoms with Gasteiger partial charge in [-0.25, -0.2) is 0 Å². The highest BCUT2D eigenvalue weighted by atomic mass is 79.9. The van der Waals surface area contributed by atoms with Crippen molar-refractivity contribution in [2.45, 2.75) is 6.54 Å². The summed E-state index contributed by atoms with van der Waals surface area (Å²) in [6.45, 7) is 1.77. The van der Waals surface area contributed by atoms with E-state index in [2.05, 4.69) is 21.3 Å². The molecule has 0 saturated heterocycles. The van der Waals surface area contributed by atoms with Crippen molar-refractivity contribution in [3.63, 3.8) is 0 Å². The van der Waals surface area contributed by atoms with E-state index in [4.69, 9.17) is 4.74 Å². The largest absolute Gasteiger partial charge is 0.383 e. The van der Waals surface area contributed by atoms with Crippen molar-refractivity contribution >= 4 is 44.5 Å². The molecule has 0 N–H and O–H groups in total. The van der Waals surface area contributed by atoms with E-state index >= 15 is 0 Å². The van der Waals surface area contributed by atoms with Crippen LogP contribution in [0.4, 0.5) is 0 Å². The van der Waals surface area contributed by atoms with Crippen molar-refractivity contribution in [3.8, 4) is 0 Å². The predicted molar refractivity (Wildman–Crippen MR) is 83.0 cm³/mol. The van der Waals surface area contributed by atoms with Crippen molar-refractivity contribution in [1.82, 2.24) is 4.90 Å². The second kappa shape index (κ2) is 7.19. The molecule has 0 atom stereocenters. The summed E-state index contributed by atoms with van der Waals surface area (Å²) < 4.78 is 6.03. The zero-order valence-corrected chi connectivity index (χ0v) is 13.7. The summed E-state index contributed by atoms with van der Waals surface area (Å²) in [7, 11) is 1.65. The molecule has 0 aromatic carbocycles. The van der Waals surface area contributed by atoms with Gasteiger partial charge in [-0.1, -0.05) is 0 Å². The van der Waals surface area contributed by atoms with Crippen LogP contribution in [0, 0.1) is 0 Å². The summed E-state index contributed by atoms with van der Waals surface area (Å²) in [5.41, 5.74) is 1.16. The highest BCUT2D eigenvalue weighted by Gasteiger charge is 2.17. The fourth-order valence-corrected chi connectivity index (χ4v) is 3.69. The van der Waals surface area contributed by atoms with Crippen molar-refractivity contribution < 1.29 is 9.53 Å². The molecule has 0 aliphatic carbocycles. The topological polar surface area (TPSA) is 29.5 Å². The maximum Gasteiger partial charge on any atom is 0.264 e. The van der Waals surface area contributed by atoms with Gasteiger partial charge in [-0.15, -0.1) is 11.3 Å². The van der Waals surface area contributed by atoms with Gasteiger partial charge in [0, 0.05) is 30.1 Å². The van der Waals surface area contributed by atoms with Crippen LogP contribution in [-0.2, 0) is 11.3 Å². The van der Waals surface area contributed by atoms with Crippen LogP contribution in [0.5, 0.6) is 0 Å². The Kier molecular flexibility index (Phi) is 5.57. The van der Waals surface area contributed by atoms with Crippen LogP contribution in [0.3, 0.4) is 0 Å². The molecule has 0 unspecified atom stereocenters. The molecule has 3 nitrogen and oxygen atoms in total. The summed E-state index contributed by atoms with van der Waals surface area (Å²) >= 11 is 6.48. The summed E-state index contributed by atoms with van der Waals surface area (Å²) in [6.07, 6.45) is 0. The summed E-state index contributed by atoms with van der Waals surface area (Å²) in [6, 6.07) is 3.91. The highest BCUT2D eigenvalue weighted by molar-refractivity contribution is 9.10. The number of ether oxygens (including phenoxy) is 1. The third-order valence-corrected chi connectivity index (χ3v) is 5.00. The lowest BCUT2D eigenvalue weighted by atomic mass is 10.3. The molecule has 0 spiro atoms. The van der Waals surface area contributed by atoms with E-state index in [9.17, 15) is 4.79 Å². The van der Waals surface area contributed by atoms with Gasteiger partial charge in [-0.05, 0) is 44.4 Å². The van der Waals surface area contributed by atoms with Gasteiger partial charge >= 0.3 is 0 Å². The molecule has 0 aliphatic rings. The number of halogens is 1. The molecule has 6 heteroatoms. The summed E-state index contributed by atoms with van der Waals surface area (Å²) in [5.74, 6) is 0.0546. The second-order valence-corrected chi connectivity index (χ2v) is 6.59. The maximum atomic E-state index is 12.5. The number of nitrogens with zero attached hydrogens (tertiary/aromatic N) is 1. The number of hydrogen-bond donors (Lipinski definition) is 0. The first kappa shape index (κ1) is 14.7. The van der Waals surface area contributed by atoms with Gasteiger partial charge < -0.3 is 9.64 Å². The number of carbonyl (C=O) groups excluding carboxylic acids is 1. The molecule has 1 amide bonds. The molecule has 2 aromatic rings. The molecule has 0 fully saturated rings. The Labute approximate surface area is 128 Å². The van der Waals surface area contributed by atoms with Gasteiger partial charge in [0.1, 0.15) is 0 Å². The van der Waals surface area contributed by atoms with Gasteiger partial charge in [0.05, 0.1) is 11.5 Å². The van der Waals surface area contributed by atoms with E-state index in [-0.39, 0.29) is 5.91 Å². The standard InChI is InChI=1S/C13H14BrNO2S2/c1-17-4-3-15(7-10-2-5-18-8-10)13(16)12-6-11(14)9-19-12/h2,5-6,8-9H,3-4,7H2,1H3. The highest BCUT2D eigenvalue weighted by Crippen LogP contribution is 2.22. The molecule has 2 rings (SSSR count). The van der Waals surface area contributed by atoms with E-state index in [1.54, 1.807) is 18.4 Å². The number of hydrogen-bond acceptors (Lipinski definition) is 4. The lowest BCUT2D eigenvalue weighted by Crippen LogP contribution is -2.32. The van der Waals surface area contributed by atoms with Crippen molar-refractivity contribution in [2.24, 2.45) is 0 Å². The third kappa shape index (κ3) is 4.14. The fourth-order valence-electron chi connectivity index (χ4n) is 1.64. The van der Waals surface area contributed by atoms with Crippen LogP contribution in [0.2, 0.25) is 0 Å². The second-order valence-electron chi connectivity index (χ2n) is 3.98. The SMILES string of the molecule is COCCN(Cc1ccsc1)C(=O)c1cc(Br)cs1. The quantitative estimate of drug-likeness (QED) is 0.783. The molecule has 19 heavy (non-hydrogen) atoms. The molecule has 0 bridgehead atoms. The molecule has 0 saturated carbocycles. The Bertz CT molecular complexity index is 524. The Balaban J connectivity index is 2.10. The minimum absolute atomic E-state index is 0.0546. The fraction of sp³-hybridized carbons (Fsp3) is 0.308.